The fourth-order valence-electron chi connectivity index (χ4n) is 10.3. The number of hydrogen-bond donors (Lipinski definition) is 0. The summed E-state index contributed by atoms with van der Waals surface area (Å²) in [4.78, 5) is 5.30. The number of rotatable bonds is 7. The maximum Gasteiger partial charge on any atom is 0.0708 e. The molecule has 0 saturated carbocycles. The van der Waals surface area contributed by atoms with Crippen molar-refractivity contribution in [3.05, 3.63) is 277 Å². The third-order valence-electron chi connectivity index (χ3n) is 12.9. The molecule has 1 spiro atoms. The van der Waals surface area contributed by atoms with E-state index in [1.165, 1.54) is 88.3 Å². The van der Waals surface area contributed by atoms with Crippen LogP contribution in [0, 0.1) is 0 Å². The molecule has 7 aromatic carbocycles. The van der Waals surface area contributed by atoms with E-state index in [1.54, 1.807) is 12.2 Å². The number of allylic oxidation sites excluding steroid dienone is 13. The predicted octanol–water partition coefficient (Wildman–Crippen LogP) is 18.5. The molecule has 1 nitrogen and oxygen atoms in total. The summed E-state index contributed by atoms with van der Waals surface area (Å²) < 4.78 is 0. The van der Waals surface area contributed by atoms with E-state index in [9.17, 15) is 0 Å². The molecule has 3 aliphatic rings. The maximum absolute atomic E-state index is 5.30. The van der Waals surface area contributed by atoms with Gasteiger partial charge in [-0.2, -0.15) is 0 Å². The zero-order chi connectivity index (χ0) is 46.9. The molecule has 0 amide bonds. The van der Waals surface area contributed by atoms with Crippen molar-refractivity contribution in [2.75, 3.05) is 0 Å². The summed E-state index contributed by atoms with van der Waals surface area (Å²) in [5.41, 5.74) is 19.6. The fraction of sp³-hybridized carbons (Fsp3) is 0.106. The van der Waals surface area contributed by atoms with Crippen molar-refractivity contribution in [2.45, 2.75) is 46.5 Å². The lowest BCUT2D eigenvalue weighted by molar-refractivity contribution is 0.747. The summed E-state index contributed by atoms with van der Waals surface area (Å²) in [6.45, 7) is 21.0. The van der Waals surface area contributed by atoms with Crippen LogP contribution in [-0.2, 0) is 5.41 Å². The Balaban J connectivity index is 0.000000357. The van der Waals surface area contributed by atoms with E-state index < -0.39 is 0 Å². The van der Waals surface area contributed by atoms with Crippen LogP contribution < -0.4 is 0 Å². The van der Waals surface area contributed by atoms with E-state index in [1.807, 2.05) is 52.8 Å². The van der Waals surface area contributed by atoms with Crippen LogP contribution in [0.1, 0.15) is 63.3 Å². The zero-order valence-corrected chi connectivity index (χ0v) is 39.6. The molecule has 0 aliphatic heterocycles. The molecule has 3 aliphatic carbocycles. The van der Waals surface area contributed by atoms with Crippen LogP contribution in [0.3, 0.4) is 0 Å². The molecule has 0 fully saturated rings. The molecular weight excluding hydrogens is 807 g/mol. The first-order chi connectivity index (χ1) is 33.1. The van der Waals surface area contributed by atoms with Crippen molar-refractivity contribution in [3.8, 4) is 44.6 Å². The van der Waals surface area contributed by atoms with Gasteiger partial charge in [-0.05, 0) is 113 Å². The van der Waals surface area contributed by atoms with Gasteiger partial charge in [0.1, 0.15) is 0 Å². The van der Waals surface area contributed by atoms with Crippen molar-refractivity contribution in [3.63, 3.8) is 0 Å². The fourth-order valence-corrected chi connectivity index (χ4v) is 10.3. The lowest BCUT2D eigenvalue weighted by Crippen LogP contribution is -2.27. The Morgan fingerprint density at radius 1 is 0.537 bits per heavy atom. The van der Waals surface area contributed by atoms with Gasteiger partial charge >= 0.3 is 0 Å². The molecule has 0 bridgehead atoms. The molecule has 1 heteroatoms. The monoisotopic (exact) mass is 865 g/mol. The van der Waals surface area contributed by atoms with Gasteiger partial charge in [0.15, 0.2) is 0 Å². The van der Waals surface area contributed by atoms with E-state index in [4.69, 9.17) is 4.98 Å². The lowest BCUT2D eigenvalue weighted by Gasteiger charge is -2.32. The molecule has 0 atom stereocenters. The van der Waals surface area contributed by atoms with Gasteiger partial charge in [0.25, 0.3) is 0 Å². The maximum atomic E-state index is 5.30. The highest BCUT2D eigenvalue weighted by atomic mass is 14.7. The molecule has 0 N–H and O–H groups in total. The number of benzene rings is 7. The molecule has 8 aromatic rings. The van der Waals surface area contributed by atoms with E-state index in [-0.39, 0.29) is 5.41 Å². The summed E-state index contributed by atoms with van der Waals surface area (Å²) >= 11 is 0. The minimum absolute atomic E-state index is 0.342. The second-order valence-electron chi connectivity index (χ2n) is 16.3. The predicted molar refractivity (Wildman–Crippen MR) is 292 cm³/mol. The van der Waals surface area contributed by atoms with Gasteiger partial charge < -0.3 is 0 Å². The molecule has 1 heterocycles. The molecular formula is C66H59N. The average molecular weight is 866 g/mol. The van der Waals surface area contributed by atoms with Crippen LogP contribution in [0.5, 0.6) is 0 Å². The van der Waals surface area contributed by atoms with Crippen molar-refractivity contribution < 1.29 is 0 Å². The van der Waals surface area contributed by atoms with Crippen LogP contribution in [0.15, 0.2) is 255 Å². The third-order valence-corrected chi connectivity index (χ3v) is 12.9. The molecule has 0 unspecified atom stereocenters. The summed E-state index contributed by atoms with van der Waals surface area (Å²) in [5.74, 6) is 0. The van der Waals surface area contributed by atoms with Crippen LogP contribution in [0.25, 0.3) is 71.8 Å². The Hall–Kier alpha value is -7.87. The van der Waals surface area contributed by atoms with Crippen LogP contribution in [-0.4, -0.2) is 4.98 Å². The average Bonchev–Trinajstić information content (AvgIpc) is 3.70. The molecule has 328 valence electrons. The Labute approximate surface area is 398 Å². The minimum atomic E-state index is -0.342. The summed E-state index contributed by atoms with van der Waals surface area (Å²) in [7, 11) is 0. The molecule has 1 aromatic heterocycles. The van der Waals surface area contributed by atoms with Crippen molar-refractivity contribution >= 4 is 27.1 Å². The number of fused-ring (bicyclic) bond motifs is 11. The number of pyridine rings is 1. The Bertz CT molecular complexity index is 3190. The van der Waals surface area contributed by atoms with Gasteiger partial charge in [0, 0.05) is 17.3 Å². The first-order valence-corrected chi connectivity index (χ1v) is 23.7. The first kappa shape index (κ1) is 45.7. The first-order valence-electron chi connectivity index (χ1n) is 23.7. The number of nitrogens with zero attached hydrogens (tertiary/aromatic N) is 1. The van der Waals surface area contributed by atoms with Crippen molar-refractivity contribution in [1.82, 2.24) is 4.98 Å². The van der Waals surface area contributed by atoms with E-state index in [0.717, 1.165) is 28.8 Å². The van der Waals surface area contributed by atoms with Crippen LogP contribution >= 0.6 is 0 Å². The highest BCUT2D eigenvalue weighted by Crippen LogP contribution is 2.64. The summed E-state index contributed by atoms with van der Waals surface area (Å²) in [6.07, 6.45) is 21.2. The summed E-state index contributed by atoms with van der Waals surface area (Å²) in [6, 6.07) is 57.9. The number of aromatic nitrogens is 1. The standard InChI is InChI=1S/C51H33N.C11H14.2C2H6/c1-3-16-33(17-4-1)48-37-20-7-9-22-39(37)49(40-23-10-8-21-38(40)48)34-30-31-47(52-32-34)42-25-15-29-46-50(42)41-24-5-2-6-26-45(41)51(46)43-27-13-11-18-35(43)36-19-12-14-28-44(36)51;1-5-7-9-11(4)10(3)8-6-2;2*1-2/h1-25,27-32H,26H2;5-9H,1-2,4H2,3H3;2*1-2H3/b;9-7-,10-8+;;. The van der Waals surface area contributed by atoms with Crippen LogP contribution in [0.2, 0.25) is 0 Å². The number of hydrogen-bond acceptors (Lipinski definition) is 1. The second-order valence-corrected chi connectivity index (χ2v) is 16.3. The lowest BCUT2D eigenvalue weighted by atomic mass is 9.68. The molecule has 11 rings (SSSR count). The van der Waals surface area contributed by atoms with Crippen molar-refractivity contribution in [1.29, 1.82) is 0 Å². The largest absolute Gasteiger partial charge is 0.256 e. The van der Waals surface area contributed by atoms with Gasteiger partial charge in [0.2, 0.25) is 0 Å². The molecule has 67 heavy (non-hydrogen) atoms. The SMILES string of the molecule is C1=CCC2=C(C=C1)c1c(-c3ccc(-c4c5ccccc5c(-c5ccccc5)c5ccccc45)cn3)cccc1C21c2ccccc2-c2ccccc21.C=C/C=C\C(=C)/C(C)=C/C=C.CC.CC. The Morgan fingerprint density at radius 3 is 1.64 bits per heavy atom. The Kier molecular flexibility index (Phi) is 14.0. The van der Waals surface area contributed by atoms with Crippen LogP contribution in [0.4, 0.5) is 0 Å². The van der Waals surface area contributed by atoms with E-state index >= 15 is 0 Å². The van der Waals surface area contributed by atoms with Gasteiger partial charge in [-0.3, -0.25) is 4.98 Å². The highest BCUT2D eigenvalue weighted by Gasteiger charge is 2.52. The van der Waals surface area contributed by atoms with E-state index in [0.29, 0.717) is 0 Å². The molecule has 0 saturated heterocycles. The zero-order valence-electron chi connectivity index (χ0n) is 39.6. The minimum Gasteiger partial charge on any atom is -0.256 e. The highest BCUT2D eigenvalue weighted by molar-refractivity contribution is 6.21. The second kappa shape index (κ2) is 20.5. The topological polar surface area (TPSA) is 12.9 Å². The van der Waals surface area contributed by atoms with Gasteiger partial charge in [-0.1, -0.05) is 254 Å². The van der Waals surface area contributed by atoms with Gasteiger partial charge in [-0.25, -0.2) is 0 Å². The normalized spacial score (nSPS) is 13.5. The third kappa shape index (κ3) is 8.02. The molecule has 0 radical (unpaired) electrons. The smallest absolute Gasteiger partial charge is 0.0708 e. The Morgan fingerprint density at radius 2 is 1.07 bits per heavy atom. The van der Waals surface area contributed by atoms with Crippen molar-refractivity contribution in [2.24, 2.45) is 0 Å². The quantitative estimate of drug-likeness (QED) is 0.115. The summed E-state index contributed by atoms with van der Waals surface area (Å²) in [5, 5.41) is 4.98. The van der Waals surface area contributed by atoms with Gasteiger partial charge in [0.05, 0.1) is 11.1 Å². The van der Waals surface area contributed by atoms with E-state index in [2.05, 4.69) is 208 Å². The van der Waals surface area contributed by atoms with Gasteiger partial charge in [-0.15, -0.1) is 0 Å².